The van der Waals surface area contributed by atoms with Crippen LogP contribution >= 0.6 is 27.5 Å². The molecule has 0 saturated heterocycles. The number of benzene rings is 1. The van der Waals surface area contributed by atoms with Crippen LogP contribution in [0.5, 0.6) is 0 Å². The number of imidazole rings is 1. The Kier molecular flexibility index (Phi) is 3.86. The lowest BCUT2D eigenvalue weighted by atomic mass is 9.87. The van der Waals surface area contributed by atoms with Gasteiger partial charge in [0.25, 0.3) is 0 Å². The van der Waals surface area contributed by atoms with Crippen molar-refractivity contribution in [2.24, 2.45) is 5.92 Å². The molecule has 0 amide bonds. The Morgan fingerprint density at radius 3 is 3.00 bits per heavy atom. The molecule has 0 spiro atoms. The molecule has 0 radical (unpaired) electrons. The standard InChI is InChI=1S/C15H18BrClN2/c1-10-3-2-4-12(7-10)19-14-6-5-11(16)8-13(14)18-15(19)9-17/h5-6,8,10,12H,2-4,7,9H2,1H3. The van der Waals surface area contributed by atoms with Gasteiger partial charge in [-0.15, -0.1) is 11.6 Å². The van der Waals surface area contributed by atoms with Crippen molar-refractivity contribution in [1.29, 1.82) is 0 Å². The Balaban J connectivity index is 2.10. The van der Waals surface area contributed by atoms with Gasteiger partial charge in [-0.25, -0.2) is 4.98 Å². The highest BCUT2D eigenvalue weighted by atomic mass is 79.9. The second-order valence-corrected chi connectivity index (χ2v) is 6.77. The fraction of sp³-hybridized carbons (Fsp3) is 0.533. The SMILES string of the molecule is CC1CCCC(n2c(CCl)nc3cc(Br)ccc32)C1. The fourth-order valence-corrected chi connectivity index (χ4v) is 3.80. The van der Waals surface area contributed by atoms with Crippen molar-refractivity contribution in [1.82, 2.24) is 9.55 Å². The topological polar surface area (TPSA) is 17.8 Å². The third kappa shape index (κ3) is 2.55. The van der Waals surface area contributed by atoms with Gasteiger partial charge in [-0.05, 0) is 37.0 Å². The lowest BCUT2D eigenvalue weighted by Gasteiger charge is -2.29. The predicted octanol–water partition coefficient (Wildman–Crippen LogP) is 5.29. The van der Waals surface area contributed by atoms with Crippen LogP contribution < -0.4 is 0 Å². The first kappa shape index (κ1) is 13.4. The molecule has 3 rings (SSSR count). The first-order valence-electron chi connectivity index (χ1n) is 6.91. The molecule has 2 nitrogen and oxygen atoms in total. The van der Waals surface area contributed by atoms with E-state index in [9.17, 15) is 0 Å². The molecule has 19 heavy (non-hydrogen) atoms. The number of aromatic nitrogens is 2. The van der Waals surface area contributed by atoms with Crippen LogP contribution in [0.2, 0.25) is 0 Å². The van der Waals surface area contributed by atoms with Crippen molar-refractivity contribution in [2.75, 3.05) is 0 Å². The molecule has 4 heteroatoms. The fourth-order valence-electron chi connectivity index (χ4n) is 3.26. The number of nitrogens with zero attached hydrogens (tertiary/aromatic N) is 2. The molecule has 1 heterocycles. The summed E-state index contributed by atoms with van der Waals surface area (Å²) in [5.41, 5.74) is 2.27. The lowest BCUT2D eigenvalue weighted by molar-refractivity contribution is 0.283. The van der Waals surface area contributed by atoms with E-state index >= 15 is 0 Å². The van der Waals surface area contributed by atoms with Gasteiger partial charge in [0.05, 0.1) is 16.9 Å². The van der Waals surface area contributed by atoms with E-state index in [1.807, 2.05) is 0 Å². The summed E-state index contributed by atoms with van der Waals surface area (Å²) in [7, 11) is 0. The first-order valence-corrected chi connectivity index (χ1v) is 8.24. The number of halogens is 2. The molecule has 1 aliphatic rings. The summed E-state index contributed by atoms with van der Waals surface area (Å²) in [6.45, 7) is 2.35. The lowest BCUT2D eigenvalue weighted by Crippen LogP contribution is -2.19. The Morgan fingerprint density at radius 2 is 2.26 bits per heavy atom. The highest BCUT2D eigenvalue weighted by Gasteiger charge is 2.24. The molecular formula is C15H18BrClN2. The molecule has 102 valence electrons. The van der Waals surface area contributed by atoms with E-state index in [0.29, 0.717) is 11.9 Å². The Labute approximate surface area is 127 Å². The van der Waals surface area contributed by atoms with Crippen LogP contribution in [0.1, 0.15) is 44.5 Å². The second-order valence-electron chi connectivity index (χ2n) is 5.59. The predicted molar refractivity (Wildman–Crippen MR) is 83.7 cm³/mol. The van der Waals surface area contributed by atoms with Crippen molar-refractivity contribution in [3.05, 3.63) is 28.5 Å². The van der Waals surface area contributed by atoms with Crippen LogP contribution in [0.4, 0.5) is 0 Å². The van der Waals surface area contributed by atoms with E-state index in [2.05, 4.69) is 45.6 Å². The maximum atomic E-state index is 6.10. The number of alkyl halides is 1. The summed E-state index contributed by atoms with van der Waals surface area (Å²) in [6, 6.07) is 6.88. The highest BCUT2D eigenvalue weighted by molar-refractivity contribution is 9.10. The zero-order valence-electron chi connectivity index (χ0n) is 11.1. The van der Waals surface area contributed by atoms with Crippen molar-refractivity contribution in [3.63, 3.8) is 0 Å². The molecule has 2 atom stereocenters. The Morgan fingerprint density at radius 1 is 1.42 bits per heavy atom. The number of hydrogen-bond acceptors (Lipinski definition) is 1. The van der Waals surface area contributed by atoms with Crippen molar-refractivity contribution < 1.29 is 0 Å². The minimum absolute atomic E-state index is 0.483. The monoisotopic (exact) mass is 340 g/mol. The van der Waals surface area contributed by atoms with Crippen LogP contribution in [0.15, 0.2) is 22.7 Å². The van der Waals surface area contributed by atoms with Crippen molar-refractivity contribution >= 4 is 38.6 Å². The molecule has 2 unspecified atom stereocenters. The van der Waals surface area contributed by atoms with Gasteiger partial charge in [0.1, 0.15) is 5.82 Å². The number of hydrogen-bond donors (Lipinski definition) is 0. The van der Waals surface area contributed by atoms with Gasteiger partial charge in [-0.3, -0.25) is 0 Å². The molecule has 1 fully saturated rings. The first-order chi connectivity index (χ1) is 9.19. The smallest absolute Gasteiger partial charge is 0.125 e. The quantitative estimate of drug-likeness (QED) is 0.679. The van der Waals surface area contributed by atoms with Gasteiger partial charge in [0.2, 0.25) is 0 Å². The minimum atomic E-state index is 0.483. The average Bonchev–Trinajstić information content (AvgIpc) is 2.76. The summed E-state index contributed by atoms with van der Waals surface area (Å²) in [5.74, 6) is 2.29. The van der Waals surface area contributed by atoms with Crippen LogP contribution in [-0.4, -0.2) is 9.55 Å². The van der Waals surface area contributed by atoms with Crippen LogP contribution in [-0.2, 0) is 5.88 Å². The van der Waals surface area contributed by atoms with Gasteiger partial charge in [0.15, 0.2) is 0 Å². The molecule has 2 aromatic rings. The number of rotatable bonds is 2. The molecule has 1 aromatic carbocycles. The van der Waals surface area contributed by atoms with Gasteiger partial charge in [0, 0.05) is 10.5 Å². The van der Waals surface area contributed by atoms with E-state index < -0.39 is 0 Å². The van der Waals surface area contributed by atoms with E-state index in [1.54, 1.807) is 0 Å². The third-order valence-electron chi connectivity index (χ3n) is 4.12. The normalized spacial score (nSPS) is 23.9. The summed E-state index contributed by atoms with van der Waals surface area (Å²) < 4.78 is 3.45. The zero-order valence-corrected chi connectivity index (χ0v) is 13.4. The molecular weight excluding hydrogens is 324 g/mol. The van der Waals surface area contributed by atoms with Gasteiger partial charge in [-0.2, -0.15) is 0 Å². The molecule has 1 aliphatic carbocycles. The maximum Gasteiger partial charge on any atom is 0.125 e. The summed E-state index contributed by atoms with van der Waals surface area (Å²) >= 11 is 9.62. The second kappa shape index (κ2) is 5.45. The molecule has 1 aromatic heterocycles. The highest BCUT2D eigenvalue weighted by Crippen LogP contribution is 2.36. The van der Waals surface area contributed by atoms with E-state index in [-0.39, 0.29) is 0 Å². The van der Waals surface area contributed by atoms with Crippen molar-refractivity contribution in [2.45, 2.75) is 44.5 Å². The molecule has 0 N–H and O–H groups in total. The molecule has 0 bridgehead atoms. The number of fused-ring (bicyclic) bond motifs is 1. The maximum absolute atomic E-state index is 6.10. The largest absolute Gasteiger partial charge is 0.324 e. The Hall–Kier alpha value is -0.540. The van der Waals surface area contributed by atoms with Gasteiger partial charge >= 0.3 is 0 Å². The van der Waals surface area contributed by atoms with Crippen LogP contribution in [0.3, 0.4) is 0 Å². The summed E-state index contributed by atoms with van der Waals surface area (Å²) in [5, 5.41) is 0. The van der Waals surface area contributed by atoms with Gasteiger partial charge < -0.3 is 4.57 Å². The summed E-state index contributed by atoms with van der Waals surface area (Å²) in [6.07, 6.45) is 5.15. The molecule has 0 aliphatic heterocycles. The third-order valence-corrected chi connectivity index (χ3v) is 4.85. The minimum Gasteiger partial charge on any atom is -0.324 e. The average molecular weight is 342 g/mol. The van der Waals surface area contributed by atoms with E-state index in [0.717, 1.165) is 21.7 Å². The molecule has 1 saturated carbocycles. The zero-order chi connectivity index (χ0) is 13.4. The van der Waals surface area contributed by atoms with Crippen molar-refractivity contribution in [3.8, 4) is 0 Å². The van der Waals surface area contributed by atoms with Gasteiger partial charge in [-0.1, -0.05) is 35.7 Å². The Bertz CT molecular complexity index is 593. The summed E-state index contributed by atoms with van der Waals surface area (Å²) in [4.78, 5) is 4.69. The van der Waals surface area contributed by atoms with Crippen LogP contribution in [0, 0.1) is 5.92 Å². The van der Waals surface area contributed by atoms with E-state index in [1.165, 1.54) is 31.2 Å². The van der Waals surface area contributed by atoms with Crippen LogP contribution in [0.25, 0.3) is 11.0 Å². The van der Waals surface area contributed by atoms with E-state index in [4.69, 9.17) is 16.6 Å².